The summed E-state index contributed by atoms with van der Waals surface area (Å²) in [5.41, 5.74) is 2.81. The number of oxazole rings is 1. The summed E-state index contributed by atoms with van der Waals surface area (Å²) in [6.45, 7) is 0. The van der Waals surface area contributed by atoms with Crippen molar-refractivity contribution in [3.63, 3.8) is 0 Å². The highest BCUT2D eigenvalue weighted by Gasteiger charge is 2.18. The third-order valence-corrected chi connectivity index (χ3v) is 5.44. The van der Waals surface area contributed by atoms with Gasteiger partial charge in [0.15, 0.2) is 22.2 Å². The maximum Gasteiger partial charge on any atom is 0.257 e. The molecule has 0 saturated carbocycles. The number of amides is 1. The van der Waals surface area contributed by atoms with Crippen molar-refractivity contribution in [2.24, 2.45) is 0 Å². The highest BCUT2D eigenvalue weighted by atomic mass is 35.5. The van der Waals surface area contributed by atoms with Crippen molar-refractivity contribution in [1.29, 1.82) is 0 Å². The van der Waals surface area contributed by atoms with Gasteiger partial charge in [0, 0.05) is 11.3 Å². The van der Waals surface area contributed by atoms with Crippen molar-refractivity contribution < 1.29 is 23.4 Å². The first-order valence-electron chi connectivity index (χ1n) is 10.0. The van der Waals surface area contributed by atoms with Crippen LogP contribution >= 0.6 is 23.8 Å². The summed E-state index contributed by atoms with van der Waals surface area (Å²) >= 11 is 11.6. The molecule has 4 aromatic rings. The van der Waals surface area contributed by atoms with Crippen molar-refractivity contribution in [3.05, 3.63) is 65.2 Å². The number of methoxy groups -OCH3 is 3. The van der Waals surface area contributed by atoms with E-state index < -0.39 is 5.91 Å². The third-order valence-electron chi connectivity index (χ3n) is 4.90. The Labute approximate surface area is 205 Å². The van der Waals surface area contributed by atoms with Gasteiger partial charge in [0.1, 0.15) is 5.52 Å². The summed E-state index contributed by atoms with van der Waals surface area (Å²) in [7, 11) is 4.44. The van der Waals surface area contributed by atoms with Gasteiger partial charge in [-0.05, 0) is 54.7 Å². The molecule has 0 unspecified atom stereocenters. The van der Waals surface area contributed by atoms with E-state index in [4.69, 9.17) is 42.4 Å². The molecule has 8 nitrogen and oxygen atoms in total. The number of carbonyl (C=O) groups is 1. The van der Waals surface area contributed by atoms with Gasteiger partial charge in [-0.3, -0.25) is 10.1 Å². The quantitative estimate of drug-likeness (QED) is 0.346. The normalized spacial score (nSPS) is 10.6. The molecule has 174 valence electrons. The van der Waals surface area contributed by atoms with Crippen LogP contribution in [0.3, 0.4) is 0 Å². The highest BCUT2D eigenvalue weighted by molar-refractivity contribution is 7.80. The molecule has 1 amide bonds. The van der Waals surface area contributed by atoms with Crippen molar-refractivity contribution in [1.82, 2.24) is 10.3 Å². The number of hydrogen-bond acceptors (Lipinski definition) is 7. The minimum absolute atomic E-state index is 0.105. The molecule has 0 aliphatic carbocycles. The Kier molecular flexibility index (Phi) is 6.85. The number of rotatable bonds is 6. The number of thiocarbonyl (C=S) groups is 1. The minimum Gasteiger partial charge on any atom is -0.493 e. The Morgan fingerprint density at radius 2 is 1.71 bits per heavy atom. The van der Waals surface area contributed by atoms with Crippen LogP contribution in [0, 0.1) is 0 Å². The number of hydrogen-bond donors (Lipinski definition) is 2. The van der Waals surface area contributed by atoms with E-state index >= 15 is 0 Å². The largest absolute Gasteiger partial charge is 0.493 e. The fraction of sp³-hybridized carbons (Fsp3) is 0.125. The van der Waals surface area contributed by atoms with E-state index in [-0.39, 0.29) is 10.7 Å². The smallest absolute Gasteiger partial charge is 0.257 e. The van der Waals surface area contributed by atoms with Crippen molar-refractivity contribution in [2.75, 3.05) is 26.6 Å². The zero-order valence-electron chi connectivity index (χ0n) is 18.5. The van der Waals surface area contributed by atoms with E-state index in [0.717, 1.165) is 0 Å². The molecule has 2 N–H and O–H groups in total. The zero-order chi connectivity index (χ0) is 24.2. The molecule has 1 aromatic heterocycles. The van der Waals surface area contributed by atoms with Gasteiger partial charge in [-0.15, -0.1) is 0 Å². The van der Waals surface area contributed by atoms with Crippen LogP contribution in [-0.2, 0) is 0 Å². The molecule has 0 bridgehead atoms. The third kappa shape index (κ3) is 4.75. The lowest BCUT2D eigenvalue weighted by atomic mass is 10.1. The fourth-order valence-electron chi connectivity index (χ4n) is 3.30. The lowest BCUT2D eigenvalue weighted by Crippen LogP contribution is -2.34. The van der Waals surface area contributed by atoms with E-state index in [2.05, 4.69) is 15.6 Å². The predicted octanol–water partition coefficient (Wildman–Crippen LogP) is 5.30. The number of ether oxygens (including phenoxy) is 3. The molecule has 10 heteroatoms. The molecule has 3 aromatic carbocycles. The monoisotopic (exact) mass is 497 g/mol. The highest BCUT2D eigenvalue weighted by Crippen LogP contribution is 2.38. The van der Waals surface area contributed by atoms with Gasteiger partial charge in [-0.2, -0.15) is 0 Å². The molecule has 1 heterocycles. The molecule has 0 atom stereocenters. The number of nitrogens with zero attached hydrogens (tertiary/aromatic N) is 1. The van der Waals surface area contributed by atoms with Crippen molar-refractivity contribution in [3.8, 4) is 28.7 Å². The molecule has 0 fully saturated rings. The summed E-state index contributed by atoms with van der Waals surface area (Å²) in [5.74, 6) is 1.07. The van der Waals surface area contributed by atoms with Gasteiger partial charge in [-0.1, -0.05) is 23.7 Å². The van der Waals surface area contributed by atoms with E-state index in [1.54, 1.807) is 24.3 Å². The Hall–Kier alpha value is -3.82. The van der Waals surface area contributed by atoms with Crippen molar-refractivity contribution >= 4 is 51.6 Å². The maximum atomic E-state index is 12.8. The van der Waals surface area contributed by atoms with Crippen LogP contribution in [0.25, 0.3) is 22.6 Å². The van der Waals surface area contributed by atoms with Crippen LogP contribution < -0.4 is 24.8 Å². The van der Waals surface area contributed by atoms with Crippen LogP contribution in [0.5, 0.6) is 17.2 Å². The standard InChI is InChI=1S/C24H20ClN3O5S/c1-30-19-10-13(11-20(31-2)21(19)32-3)22(29)28-24(34)26-14-8-9-18-17(12-14)27-23(33-18)15-6-4-5-7-16(15)25/h4-12H,1-3H3,(H2,26,28,29,34). The average Bonchev–Trinajstić information content (AvgIpc) is 3.26. The number of carbonyl (C=O) groups excluding carboxylic acids is 1. The second kappa shape index (κ2) is 9.98. The fourth-order valence-corrected chi connectivity index (χ4v) is 3.73. The number of fused-ring (bicyclic) bond motifs is 1. The van der Waals surface area contributed by atoms with Crippen LogP contribution in [0.4, 0.5) is 5.69 Å². The summed E-state index contributed by atoms with van der Waals surface area (Å²) in [6, 6.07) is 15.7. The summed E-state index contributed by atoms with van der Waals surface area (Å²) < 4.78 is 21.7. The lowest BCUT2D eigenvalue weighted by Gasteiger charge is -2.14. The molecular weight excluding hydrogens is 478 g/mol. The molecule has 0 aliphatic rings. The van der Waals surface area contributed by atoms with E-state index in [9.17, 15) is 4.79 Å². The number of halogens is 1. The molecule has 4 rings (SSSR count). The van der Waals surface area contributed by atoms with Crippen LogP contribution in [0.15, 0.2) is 59.0 Å². The van der Waals surface area contributed by atoms with E-state index in [1.807, 2.05) is 18.2 Å². The number of aromatic nitrogens is 1. The van der Waals surface area contributed by atoms with Gasteiger partial charge in [0.05, 0.1) is 31.9 Å². The Morgan fingerprint density at radius 3 is 2.35 bits per heavy atom. The van der Waals surface area contributed by atoms with Gasteiger partial charge in [0.25, 0.3) is 5.91 Å². The minimum atomic E-state index is -0.444. The summed E-state index contributed by atoms with van der Waals surface area (Å²) in [4.78, 5) is 17.3. The van der Waals surface area contributed by atoms with Crippen LogP contribution in [-0.4, -0.2) is 37.3 Å². The molecule has 0 radical (unpaired) electrons. The van der Waals surface area contributed by atoms with Crippen molar-refractivity contribution in [2.45, 2.75) is 0 Å². The second-order valence-electron chi connectivity index (χ2n) is 7.00. The first kappa shape index (κ1) is 23.3. The van der Waals surface area contributed by atoms with E-state index in [1.165, 1.54) is 33.5 Å². The van der Waals surface area contributed by atoms with Gasteiger partial charge < -0.3 is 23.9 Å². The SMILES string of the molecule is COc1cc(C(=O)NC(=S)Nc2ccc3oc(-c4ccccc4Cl)nc3c2)cc(OC)c1OC. The average molecular weight is 498 g/mol. The zero-order valence-corrected chi connectivity index (χ0v) is 20.0. The maximum absolute atomic E-state index is 12.8. The Morgan fingerprint density at radius 1 is 1.00 bits per heavy atom. The van der Waals surface area contributed by atoms with E-state index in [0.29, 0.717) is 50.5 Å². The molecule has 0 aliphatic heterocycles. The second-order valence-corrected chi connectivity index (χ2v) is 7.82. The topological polar surface area (TPSA) is 94.9 Å². The number of benzene rings is 3. The van der Waals surface area contributed by atoms with Gasteiger partial charge >= 0.3 is 0 Å². The predicted molar refractivity (Wildman–Crippen MR) is 134 cm³/mol. The van der Waals surface area contributed by atoms with Crippen LogP contribution in [0.2, 0.25) is 5.02 Å². The Balaban J connectivity index is 1.50. The Bertz CT molecular complexity index is 1360. The lowest BCUT2D eigenvalue weighted by molar-refractivity contribution is 0.0977. The molecule has 34 heavy (non-hydrogen) atoms. The number of nitrogens with one attached hydrogen (secondary N) is 2. The van der Waals surface area contributed by atoms with Gasteiger partial charge in [0.2, 0.25) is 11.6 Å². The molecule has 0 saturated heterocycles. The number of anilines is 1. The molecule has 0 spiro atoms. The van der Waals surface area contributed by atoms with Gasteiger partial charge in [-0.25, -0.2) is 4.98 Å². The van der Waals surface area contributed by atoms with Crippen LogP contribution in [0.1, 0.15) is 10.4 Å². The summed E-state index contributed by atoms with van der Waals surface area (Å²) in [5, 5.41) is 6.27. The first-order valence-corrected chi connectivity index (χ1v) is 10.8. The first-order chi connectivity index (χ1) is 16.4. The molecular formula is C24H20ClN3O5S. The summed E-state index contributed by atoms with van der Waals surface area (Å²) in [6.07, 6.45) is 0.